The van der Waals surface area contributed by atoms with Crippen molar-refractivity contribution in [3.05, 3.63) is 109 Å². The van der Waals surface area contributed by atoms with Gasteiger partial charge in [0.05, 0.1) is 0 Å². The van der Waals surface area contributed by atoms with E-state index in [1.807, 2.05) is 79.7 Å². The summed E-state index contributed by atoms with van der Waals surface area (Å²) in [5, 5.41) is 11.0. The Morgan fingerprint density at radius 1 is 0.754 bits per heavy atom. The molecule has 0 bridgehead atoms. The number of rotatable bonds is 15. The number of allylic oxidation sites excluding steroid dienone is 1. The van der Waals surface area contributed by atoms with E-state index in [0.29, 0.717) is 51.5 Å². The molecule has 3 N–H and O–H groups in total. The number of benzene rings is 3. The number of ketones is 1. The standard InChI is InChI=1S/C50H66N4O6Si/c1-5-45(60-61(50(2,3)4,38-26-15-8-16-27-38)39-28-17-9-18-29-39)44(55)32-20-10-19-30-40-46(56)52-41(34-36-22-11-6-12-23-36)47(57)53-42(35-37-24-13-7-14-25-37)49(59)54-33-21-31-43(54)48(58)51-40/h7-9,13-18,20,24-29,32,36,40-43,45H,5-6,10-12,19,21-23,30-31,33-35H2,1-4H3,(H,51,58)(H,52,56)(H,53,57)/b32-20+/t40-,41+,42-,43+,45+/m0/s1. The number of hydrogen-bond acceptors (Lipinski definition) is 6. The molecule has 2 saturated heterocycles. The first kappa shape index (κ1) is 45.6. The number of nitrogens with zero attached hydrogens (tertiary/aromatic N) is 1. The van der Waals surface area contributed by atoms with Crippen molar-refractivity contribution < 1.29 is 28.4 Å². The van der Waals surface area contributed by atoms with Crippen molar-refractivity contribution in [2.24, 2.45) is 5.92 Å². The maximum Gasteiger partial charge on any atom is 0.262 e. The lowest BCUT2D eigenvalue weighted by Gasteiger charge is -2.44. The van der Waals surface area contributed by atoms with E-state index in [-0.39, 0.29) is 40.9 Å². The SMILES string of the molecule is CC[C@@H](O[Si](c1ccccc1)(c1ccccc1)C(C)(C)C)C(=O)/C=C/CCC[C@@H]1NC(=O)[C@H]2CCCN2C(=O)[C@H](Cc2ccccc2)NC(=O)[C@@H](CC2CCCCC2)NC1=O. The highest BCUT2D eigenvalue weighted by Gasteiger charge is 2.52. The number of carbonyl (C=O) groups is 5. The highest BCUT2D eigenvalue weighted by atomic mass is 28.4. The van der Waals surface area contributed by atoms with Gasteiger partial charge in [-0.2, -0.15) is 0 Å². The van der Waals surface area contributed by atoms with Crippen molar-refractivity contribution in [1.29, 1.82) is 0 Å². The van der Waals surface area contributed by atoms with E-state index in [0.717, 1.165) is 48.0 Å². The Bertz CT molecular complexity index is 1920. The van der Waals surface area contributed by atoms with Gasteiger partial charge in [-0.3, -0.25) is 24.0 Å². The van der Waals surface area contributed by atoms with Gasteiger partial charge in [0.1, 0.15) is 30.3 Å². The zero-order valence-electron chi connectivity index (χ0n) is 36.6. The molecular formula is C50H66N4O6Si. The molecule has 1 saturated carbocycles. The van der Waals surface area contributed by atoms with Crippen molar-refractivity contribution in [2.45, 2.75) is 146 Å². The Labute approximate surface area is 363 Å². The second-order valence-electron chi connectivity index (χ2n) is 18.2. The number of carbonyl (C=O) groups excluding carboxylic acids is 5. The van der Waals surface area contributed by atoms with E-state index < -0.39 is 44.5 Å². The summed E-state index contributed by atoms with van der Waals surface area (Å²) in [6.45, 7) is 8.96. The predicted molar refractivity (Wildman–Crippen MR) is 243 cm³/mol. The van der Waals surface area contributed by atoms with Crippen molar-refractivity contribution >= 4 is 48.1 Å². The molecule has 5 atom stereocenters. The number of amides is 4. The lowest BCUT2D eigenvalue weighted by Crippen LogP contribution is -2.68. The number of hydrogen-bond donors (Lipinski definition) is 3. The smallest absolute Gasteiger partial charge is 0.262 e. The molecule has 0 unspecified atom stereocenters. The van der Waals surface area contributed by atoms with Gasteiger partial charge >= 0.3 is 0 Å². The maximum absolute atomic E-state index is 14.2. The molecule has 3 aliphatic rings. The third kappa shape index (κ3) is 11.3. The Hall–Kier alpha value is -4.87. The first-order valence-electron chi connectivity index (χ1n) is 22.7. The van der Waals surface area contributed by atoms with Crippen LogP contribution in [-0.4, -0.2) is 79.4 Å². The van der Waals surface area contributed by atoms with Crippen molar-refractivity contribution in [2.75, 3.05) is 6.54 Å². The molecule has 3 fully saturated rings. The molecule has 3 aromatic carbocycles. The Kier molecular flexibility index (Phi) is 15.9. The van der Waals surface area contributed by atoms with Crippen LogP contribution in [0.5, 0.6) is 0 Å². The Morgan fingerprint density at radius 3 is 1.93 bits per heavy atom. The van der Waals surface area contributed by atoms with Crippen LogP contribution in [0.15, 0.2) is 103 Å². The molecule has 1 aliphatic carbocycles. The third-order valence-electron chi connectivity index (χ3n) is 12.9. The first-order chi connectivity index (χ1) is 29.4. The van der Waals surface area contributed by atoms with Crippen molar-refractivity contribution in [3.8, 4) is 0 Å². The van der Waals surface area contributed by atoms with Gasteiger partial charge in [0.15, 0.2) is 5.78 Å². The lowest BCUT2D eigenvalue weighted by atomic mass is 9.84. The number of nitrogens with one attached hydrogen (secondary N) is 3. The third-order valence-corrected chi connectivity index (χ3v) is 17.9. The second-order valence-corrected chi connectivity index (χ2v) is 22.5. The molecule has 0 radical (unpaired) electrons. The number of fused-ring (bicyclic) bond motifs is 1. The molecule has 0 aromatic heterocycles. The number of unbranched alkanes of at least 4 members (excludes halogenated alkanes) is 1. The molecule has 61 heavy (non-hydrogen) atoms. The van der Waals surface area contributed by atoms with E-state index in [2.05, 4.69) is 61.0 Å². The topological polar surface area (TPSA) is 134 Å². The van der Waals surface area contributed by atoms with Crippen LogP contribution in [0.1, 0.15) is 110 Å². The zero-order valence-corrected chi connectivity index (χ0v) is 37.6. The van der Waals surface area contributed by atoms with Gasteiger partial charge < -0.3 is 25.3 Å². The van der Waals surface area contributed by atoms with Crippen LogP contribution >= 0.6 is 0 Å². The average Bonchev–Trinajstić information content (AvgIpc) is 3.76. The van der Waals surface area contributed by atoms with Crippen molar-refractivity contribution in [3.63, 3.8) is 0 Å². The summed E-state index contributed by atoms with van der Waals surface area (Å²) in [5.41, 5.74) is 0.897. The highest BCUT2D eigenvalue weighted by Crippen LogP contribution is 2.38. The van der Waals surface area contributed by atoms with Gasteiger partial charge in [-0.05, 0) is 77.9 Å². The van der Waals surface area contributed by atoms with E-state index in [4.69, 9.17) is 4.43 Å². The molecule has 0 spiro atoms. The van der Waals surface area contributed by atoms with Crippen LogP contribution in [-0.2, 0) is 34.8 Å². The van der Waals surface area contributed by atoms with Crippen molar-refractivity contribution in [1.82, 2.24) is 20.9 Å². The minimum Gasteiger partial charge on any atom is -0.397 e. The molecule has 6 rings (SSSR count). The molecule has 326 valence electrons. The quantitative estimate of drug-likeness (QED) is 0.0934. The van der Waals surface area contributed by atoms with Crippen LogP contribution in [0.25, 0.3) is 0 Å². The molecule has 4 amide bonds. The molecule has 2 aliphatic heterocycles. The fourth-order valence-corrected chi connectivity index (χ4v) is 14.3. The predicted octanol–water partition coefficient (Wildman–Crippen LogP) is 6.31. The van der Waals surface area contributed by atoms with E-state index >= 15 is 0 Å². The Balaban J connectivity index is 1.17. The van der Waals surface area contributed by atoms with Gasteiger partial charge in [-0.15, -0.1) is 0 Å². The summed E-state index contributed by atoms with van der Waals surface area (Å²) in [6.07, 6.45) is 11.7. The molecule has 3 aromatic rings. The summed E-state index contributed by atoms with van der Waals surface area (Å²) in [7, 11) is -2.96. The summed E-state index contributed by atoms with van der Waals surface area (Å²) < 4.78 is 7.16. The monoisotopic (exact) mass is 846 g/mol. The minimum atomic E-state index is -2.96. The summed E-state index contributed by atoms with van der Waals surface area (Å²) in [5.74, 6) is -1.27. The van der Waals surface area contributed by atoms with Crippen LogP contribution in [0.4, 0.5) is 0 Å². The van der Waals surface area contributed by atoms with E-state index in [1.54, 1.807) is 11.0 Å². The largest absolute Gasteiger partial charge is 0.397 e. The van der Waals surface area contributed by atoms with E-state index in [9.17, 15) is 24.0 Å². The normalized spacial score (nSPS) is 22.7. The average molecular weight is 847 g/mol. The summed E-state index contributed by atoms with van der Waals surface area (Å²) >= 11 is 0. The van der Waals surface area contributed by atoms with Crippen LogP contribution in [0.3, 0.4) is 0 Å². The maximum atomic E-state index is 14.2. The minimum absolute atomic E-state index is 0.110. The van der Waals surface area contributed by atoms with Gasteiger partial charge in [0.2, 0.25) is 23.6 Å². The fraction of sp³-hybridized carbons (Fsp3) is 0.500. The molecule has 11 heteroatoms. The highest BCUT2D eigenvalue weighted by molar-refractivity contribution is 6.99. The van der Waals surface area contributed by atoms with Gasteiger partial charge in [0.25, 0.3) is 8.32 Å². The fourth-order valence-electron chi connectivity index (χ4n) is 9.62. The Morgan fingerprint density at radius 2 is 1.33 bits per heavy atom. The van der Waals surface area contributed by atoms with Gasteiger partial charge in [0, 0.05) is 13.0 Å². The lowest BCUT2D eigenvalue weighted by molar-refractivity contribution is -0.143. The summed E-state index contributed by atoms with van der Waals surface area (Å²) in [4.78, 5) is 72.1. The zero-order chi connectivity index (χ0) is 43.4. The first-order valence-corrected chi connectivity index (χ1v) is 24.6. The van der Waals surface area contributed by atoms with Gasteiger partial charge in [-0.25, -0.2) is 0 Å². The molecule has 10 nitrogen and oxygen atoms in total. The summed E-state index contributed by atoms with van der Waals surface area (Å²) in [6, 6.07) is 26.7. The van der Waals surface area contributed by atoms with Crippen LogP contribution < -0.4 is 26.3 Å². The molecular weight excluding hydrogens is 781 g/mol. The van der Waals surface area contributed by atoms with Gasteiger partial charge in [-0.1, -0.05) is 157 Å². The second kappa shape index (κ2) is 21.3. The van der Waals surface area contributed by atoms with Crippen LogP contribution in [0.2, 0.25) is 5.04 Å². The van der Waals surface area contributed by atoms with E-state index in [1.165, 1.54) is 0 Å². The van der Waals surface area contributed by atoms with Crippen LogP contribution in [0, 0.1) is 5.92 Å². The molecule has 2 heterocycles.